The minimum absolute atomic E-state index is 0.0538. The van der Waals surface area contributed by atoms with Crippen LogP contribution in [0.15, 0.2) is 36.4 Å². The fourth-order valence-corrected chi connectivity index (χ4v) is 1.66. The molecule has 0 radical (unpaired) electrons. The molecule has 0 aliphatic carbocycles. The number of carbonyl (C=O) groups excluding carboxylic acids is 1. The van der Waals surface area contributed by atoms with Crippen LogP contribution in [0.2, 0.25) is 0 Å². The first kappa shape index (κ1) is 13.8. The highest BCUT2D eigenvalue weighted by Gasteiger charge is 2.13. The lowest BCUT2D eigenvalue weighted by Gasteiger charge is -2.08. The molecule has 3 N–H and O–H groups in total. The van der Waals surface area contributed by atoms with Gasteiger partial charge < -0.3 is 15.8 Å². The molecule has 0 spiro atoms. The third kappa shape index (κ3) is 2.85. The molecule has 20 heavy (non-hydrogen) atoms. The number of ether oxygens (including phenoxy) is 1. The SMILES string of the molecule is COc1ccc(NC(=O)c2cc(N)ccc2F)cc1F. The lowest BCUT2D eigenvalue weighted by Crippen LogP contribution is -2.14. The normalized spacial score (nSPS) is 10.2. The summed E-state index contributed by atoms with van der Waals surface area (Å²) in [5.41, 5.74) is 5.74. The molecule has 0 fully saturated rings. The van der Waals surface area contributed by atoms with Gasteiger partial charge in [0.2, 0.25) is 0 Å². The van der Waals surface area contributed by atoms with Crippen LogP contribution in [-0.4, -0.2) is 13.0 Å². The third-order valence-corrected chi connectivity index (χ3v) is 2.64. The number of rotatable bonds is 3. The summed E-state index contributed by atoms with van der Waals surface area (Å²) in [5, 5.41) is 2.39. The molecule has 2 aromatic carbocycles. The van der Waals surface area contributed by atoms with Crippen LogP contribution in [0, 0.1) is 11.6 Å². The fourth-order valence-electron chi connectivity index (χ4n) is 1.66. The highest BCUT2D eigenvalue weighted by Crippen LogP contribution is 2.21. The number of hydrogen-bond donors (Lipinski definition) is 2. The van der Waals surface area contributed by atoms with Crippen molar-refractivity contribution < 1.29 is 18.3 Å². The Bertz CT molecular complexity index is 660. The summed E-state index contributed by atoms with van der Waals surface area (Å²) >= 11 is 0. The first-order chi connectivity index (χ1) is 9.51. The minimum atomic E-state index is -0.709. The Labute approximate surface area is 114 Å². The van der Waals surface area contributed by atoms with Crippen LogP contribution in [-0.2, 0) is 0 Å². The predicted molar refractivity (Wildman–Crippen MR) is 71.7 cm³/mol. The van der Waals surface area contributed by atoms with E-state index in [0.717, 1.165) is 12.1 Å². The van der Waals surface area contributed by atoms with Gasteiger partial charge in [0.1, 0.15) is 5.82 Å². The van der Waals surface area contributed by atoms with Gasteiger partial charge in [-0.2, -0.15) is 0 Å². The van der Waals surface area contributed by atoms with E-state index in [1.807, 2.05) is 0 Å². The lowest BCUT2D eigenvalue weighted by molar-refractivity contribution is 0.102. The summed E-state index contributed by atoms with van der Waals surface area (Å²) in [6.07, 6.45) is 0. The molecule has 0 atom stereocenters. The summed E-state index contributed by atoms with van der Waals surface area (Å²) in [7, 11) is 1.33. The molecule has 0 saturated heterocycles. The molecule has 0 aliphatic heterocycles. The van der Waals surface area contributed by atoms with Crippen molar-refractivity contribution in [2.24, 2.45) is 0 Å². The maximum absolute atomic E-state index is 13.5. The second-order valence-corrected chi connectivity index (χ2v) is 4.04. The Kier molecular flexibility index (Phi) is 3.84. The van der Waals surface area contributed by atoms with Crippen molar-refractivity contribution >= 4 is 17.3 Å². The largest absolute Gasteiger partial charge is 0.494 e. The molecule has 0 aromatic heterocycles. The van der Waals surface area contributed by atoms with E-state index in [4.69, 9.17) is 10.5 Å². The molecule has 0 aliphatic rings. The van der Waals surface area contributed by atoms with Gasteiger partial charge in [-0.05, 0) is 30.3 Å². The molecule has 104 valence electrons. The summed E-state index contributed by atoms with van der Waals surface area (Å²) in [5.74, 6) is -1.98. The van der Waals surface area contributed by atoms with E-state index in [1.165, 1.54) is 31.4 Å². The van der Waals surface area contributed by atoms with Gasteiger partial charge in [-0.3, -0.25) is 4.79 Å². The van der Waals surface area contributed by atoms with Gasteiger partial charge in [0.15, 0.2) is 11.6 Å². The molecule has 0 heterocycles. The highest BCUT2D eigenvalue weighted by molar-refractivity contribution is 6.05. The second kappa shape index (κ2) is 5.56. The van der Waals surface area contributed by atoms with Crippen LogP contribution in [0.1, 0.15) is 10.4 Å². The van der Waals surface area contributed by atoms with Crippen molar-refractivity contribution in [2.75, 3.05) is 18.2 Å². The van der Waals surface area contributed by atoms with Crippen LogP contribution in [0.3, 0.4) is 0 Å². The van der Waals surface area contributed by atoms with Crippen LogP contribution in [0.5, 0.6) is 5.75 Å². The number of carbonyl (C=O) groups is 1. The average molecular weight is 278 g/mol. The van der Waals surface area contributed by atoms with Crippen LogP contribution in [0.25, 0.3) is 0 Å². The van der Waals surface area contributed by atoms with Crippen molar-refractivity contribution in [3.63, 3.8) is 0 Å². The third-order valence-electron chi connectivity index (χ3n) is 2.64. The summed E-state index contributed by atoms with van der Waals surface area (Å²) in [6.45, 7) is 0. The van der Waals surface area contributed by atoms with Crippen molar-refractivity contribution in [1.82, 2.24) is 0 Å². The maximum Gasteiger partial charge on any atom is 0.258 e. The van der Waals surface area contributed by atoms with E-state index in [1.54, 1.807) is 0 Å². The van der Waals surface area contributed by atoms with Gasteiger partial charge in [0.25, 0.3) is 5.91 Å². The van der Waals surface area contributed by atoms with E-state index in [2.05, 4.69) is 5.32 Å². The molecule has 6 heteroatoms. The Morgan fingerprint density at radius 3 is 2.55 bits per heavy atom. The molecule has 2 aromatic rings. The van der Waals surface area contributed by atoms with Gasteiger partial charge in [-0.25, -0.2) is 8.78 Å². The average Bonchev–Trinajstić information content (AvgIpc) is 2.41. The molecule has 2 rings (SSSR count). The van der Waals surface area contributed by atoms with Gasteiger partial charge >= 0.3 is 0 Å². The number of amides is 1. The number of halogens is 2. The molecule has 4 nitrogen and oxygen atoms in total. The van der Waals surface area contributed by atoms with Crippen LogP contribution >= 0.6 is 0 Å². The van der Waals surface area contributed by atoms with Crippen molar-refractivity contribution in [1.29, 1.82) is 0 Å². The van der Waals surface area contributed by atoms with E-state index in [-0.39, 0.29) is 22.7 Å². The molecule has 0 saturated carbocycles. The zero-order valence-electron chi connectivity index (χ0n) is 10.6. The smallest absolute Gasteiger partial charge is 0.258 e. The first-order valence-electron chi connectivity index (χ1n) is 5.71. The number of nitrogens with two attached hydrogens (primary N) is 1. The van der Waals surface area contributed by atoms with Crippen molar-refractivity contribution in [3.8, 4) is 5.75 Å². The molecule has 0 unspecified atom stereocenters. The number of anilines is 2. The number of nitrogen functional groups attached to an aromatic ring is 1. The molecule has 0 bridgehead atoms. The van der Waals surface area contributed by atoms with Crippen LogP contribution < -0.4 is 15.8 Å². The Hall–Kier alpha value is -2.63. The van der Waals surface area contributed by atoms with Crippen molar-refractivity contribution in [2.45, 2.75) is 0 Å². The van der Waals surface area contributed by atoms with E-state index in [0.29, 0.717) is 0 Å². The zero-order chi connectivity index (χ0) is 14.7. The van der Waals surface area contributed by atoms with Gasteiger partial charge in [-0.1, -0.05) is 0 Å². The molecule has 1 amide bonds. The maximum atomic E-state index is 13.5. The molecular formula is C14H12F2N2O2. The van der Waals surface area contributed by atoms with Gasteiger partial charge in [-0.15, -0.1) is 0 Å². The Morgan fingerprint density at radius 2 is 1.90 bits per heavy atom. The predicted octanol–water partition coefficient (Wildman–Crippen LogP) is 2.81. The summed E-state index contributed by atoms with van der Waals surface area (Å²) < 4.78 is 31.7. The van der Waals surface area contributed by atoms with E-state index < -0.39 is 17.5 Å². The van der Waals surface area contributed by atoms with Gasteiger partial charge in [0, 0.05) is 17.4 Å². The van der Waals surface area contributed by atoms with E-state index >= 15 is 0 Å². The van der Waals surface area contributed by atoms with Gasteiger partial charge in [0.05, 0.1) is 12.7 Å². The highest BCUT2D eigenvalue weighted by atomic mass is 19.1. The Balaban J connectivity index is 2.23. The monoisotopic (exact) mass is 278 g/mol. The quantitative estimate of drug-likeness (QED) is 0.848. The number of hydrogen-bond acceptors (Lipinski definition) is 3. The topological polar surface area (TPSA) is 64.3 Å². The minimum Gasteiger partial charge on any atom is -0.494 e. The molecular weight excluding hydrogens is 266 g/mol. The Morgan fingerprint density at radius 1 is 1.15 bits per heavy atom. The summed E-state index contributed by atoms with van der Waals surface area (Å²) in [4.78, 5) is 11.9. The number of methoxy groups -OCH3 is 1. The zero-order valence-corrected chi connectivity index (χ0v) is 10.6. The van der Waals surface area contributed by atoms with E-state index in [9.17, 15) is 13.6 Å². The summed E-state index contributed by atoms with van der Waals surface area (Å²) in [6, 6.07) is 7.55. The fraction of sp³-hybridized carbons (Fsp3) is 0.0714. The first-order valence-corrected chi connectivity index (χ1v) is 5.71. The standard InChI is InChI=1S/C14H12F2N2O2/c1-20-13-5-3-9(7-12(13)16)18-14(19)10-6-8(17)2-4-11(10)15/h2-7H,17H2,1H3,(H,18,19). The lowest BCUT2D eigenvalue weighted by atomic mass is 10.1. The second-order valence-electron chi connectivity index (χ2n) is 4.04. The number of nitrogens with one attached hydrogen (secondary N) is 1. The number of benzene rings is 2. The van der Waals surface area contributed by atoms with Crippen molar-refractivity contribution in [3.05, 3.63) is 53.6 Å². The van der Waals surface area contributed by atoms with Crippen LogP contribution in [0.4, 0.5) is 20.2 Å².